The lowest BCUT2D eigenvalue weighted by Gasteiger charge is -2.43. The molecule has 2 rings (SSSR count). The zero-order valence-corrected chi connectivity index (χ0v) is 13.9. The van der Waals surface area contributed by atoms with E-state index in [-0.39, 0.29) is 23.4 Å². The molecular formula is C18H25ClO2. The van der Waals surface area contributed by atoms with Crippen molar-refractivity contribution in [1.82, 2.24) is 0 Å². The Labute approximate surface area is 132 Å². The Bertz CT molecular complexity index is 469. The van der Waals surface area contributed by atoms with E-state index in [1.54, 1.807) is 0 Å². The van der Waals surface area contributed by atoms with Gasteiger partial charge in [-0.25, -0.2) is 0 Å². The van der Waals surface area contributed by atoms with Gasteiger partial charge in [0.25, 0.3) is 0 Å². The summed E-state index contributed by atoms with van der Waals surface area (Å²) in [6, 6.07) is 10.5. The van der Waals surface area contributed by atoms with Crippen LogP contribution in [-0.2, 0) is 14.9 Å². The summed E-state index contributed by atoms with van der Waals surface area (Å²) >= 11 is 5.61. The molecule has 0 aliphatic heterocycles. The van der Waals surface area contributed by atoms with Crippen molar-refractivity contribution in [3.63, 3.8) is 0 Å². The third kappa shape index (κ3) is 3.79. The molecule has 1 aromatic carbocycles. The summed E-state index contributed by atoms with van der Waals surface area (Å²) in [5, 5.41) is 0. The molecule has 3 heteroatoms. The van der Waals surface area contributed by atoms with Crippen molar-refractivity contribution in [1.29, 1.82) is 0 Å². The summed E-state index contributed by atoms with van der Waals surface area (Å²) in [6.07, 6.45) is 3.18. The van der Waals surface area contributed by atoms with Crippen molar-refractivity contribution in [2.75, 3.05) is 5.88 Å². The van der Waals surface area contributed by atoms with E-state index < -0.39 is 0 Å². The van der Waals surface area contributed by atoms with Crippen molar-refractivity contribution < 1.29 is 9.53 Å². The highest BCUT2D eigenvalue weighted by molar-refractivity contribution is 6.26. The minimum Gasteiger partial charge on any atom is -0.461 e. The number of halogens is 1. The minimum absolute atomic E-state index is 0.0152. The van der Waals surface area contributed by atoms with E-state index >= 15 is 0 Å². The molecule has 0 amide bonds. The smallest absolute Gasteiger partial charge is 0.321 e. The Morgan fingerprint density at radius 1 is 1.29 bits per heavy atom. The lowest BCUT2D eigenvalue weighted by molar-refractivity contribution is -0.153. The van der Waals surface area contributed by atoms with Crippen molar-refractivity contribution in [3.8, 4) is 0 Å². The Balaban J connectivity index is 2.23. The van der Waals surface area contributed by atoms with E-state index in [0.29, 0.717) is 11.8 Å². The van der Waals surface area contributed by atoms with Crippen LogP contribution in [0.1, 0.15) is 45.6 Å². The Morgan fingerprint density at radius 2 is 1.95 bits per heavy atom. The van der Waals surface area contributed by atoms with Crippen LogP contribution in [0, 0.1) is 11.8 Å². The fourth-order valence-electron chi connectivity index (χ4n) is 3.57. The van der Waals surface area contributed by atoms with Gasteiger partial charge in [0.05, 0.1) is 0 Å². The number of ether oxygens (including phenoxy) is 1. The van der Waals surface area contributed by atoms with E-state index in [1.807, 2.05) is 6.07 Å². The van der Waals surface area contributed by atoms with Crippen LogP contribution in [0.2, 0.25) is 0 Å². The van der Waals surface area contributed by atoms with Gasteiger partial charge in [0, 0.05) is 5.92 Å². The van der Waals surface area contributed by atoms with Crippen molar-refractivity contribution in [3.05, 3.63) is 35.9 Å². The van der Waals surface area contributed by atoms with Gasteiger partial charge < -0.3 is 4.74 Å². The molecule has 0 aromatic heterocycles. The van der Waals surface area contributed by atoms with E-state index in [0.717, 1.165) is 12.8 Å². The molecule has 0 radical (unpaired) electrons. The minimum atomic E-state index is -0.301. The third-order valence-corrected chi connectivity index (χ3v) is 5.11. The maximum Gasteiger partial charge on any atom is 0.321 e. The molecule has 0 unspecified atom stereocenters. The van der Waals surface area contributed by atoms with Crippen LogP contribution in [-0.4, -0.2) is 18.0 Å². The quantitative estimate of drug-likeness (QED) is 0.602. The van der Waals surface area contributed by atoms with Crippen LogP contribution in [0.25, 0.3) is 0 Å². The lowest BCUT2D eigenvalue weighted by atomic mass is 9.64. The molecule has 2 nitrogen and oxygen atoms in total. The van der Waals surface area contributed by atoms with E-state index in [4.69, 9.17) is 16.3 Å². The van der Waals surface area contributed by atoms with Crippen molar-refractivity contribution in [2.45, 2.75) is 51.6 Å². The maximum absolute atomic E-state index is 11.6. The van der Waals surface area contributed by atoms with Gasteiger partial charge in [0.15, 0.2) is 0 Å². The SMILES string of the molecule is C[C@H]1CC[C@H](C(C)(C)c2ccccc2)[C@@H](OC(=O)CCl)C1. The number of benzene rings is 1. The summed E-state index contributed by atoms with van der Waals surface area (Å²) in [5.41, 5.74) is 1.29. The molecule has 1 aliphatic rings. The second kappa shape index (κ2) is 6.83. The van der Waals surface area contributed by atoms with Gasteiger partial charge in [-0.1, -0.05) is 57.5 Å². The number of carbonyl (C=O) groups is 1. The molecule has 116 valence electrons. The predicted octanol–water partition coefficient (Wildman–Crippen LogP) is 4.55. The van der Waals surface area contributed by atoms with Gasteiger partial charge in [-0.3, -0.25) is 4.79 Å². The molecule has 3 atom stereocenters. The summed E-state index contributed by atoms with van der Waals surface area (Å²) < 4.78 is 5.66. The molecule has 0 saturated heterocycles. The van der Waals surface area contributed by atoms with Gasteiger partial charge in [0.1, 0.15) is 12.0 Å². The average Bonchev–Trinajstić information content (AvgIpc) is 2.48. The lowest BCUT2D eigenvalue weighted by Crippen LogP contribution is -2.43. The van der Waals surface area contributed by atoms with Crippen molar-refractivity contribution >= 4 is 17.6 Å². The number of hydrogen-bond donors (Lipinski definition) is 0. The van der Waals surface area contributed by atoms with E-state index in [1.165, 1.54) is 12.0 Å². The first-order chi connectivity index (χ1) is 9.95. The molecule has 1 aromatic rings. The van der Waals surface area contributed by atoms with Crippen LogP contribution in [0.3, 0.4) is 0 Å². The molecule has 0 heterocycles. The monoisotopic (exact) mass is 308 g/mol. The maximum atomic E-state index is 11.6. The molecule has 0 bridgehead atoms. The number of alkyl halides is 1. The zero-order valence-electron chi connectivity index (χ0n) is 13.1. The standard InChI is InChI=1S/C18H25ClO2/c1-13-9-10-15(16(11-13)21-17(20)12-19)18(2,3)14-7-5-4-6-8-14/h4-8,13,15-16H,9-12H2,1-3H3/t13-,15-,16-/m0/s1. The molecule has 21 heavy (non-hydrogen) atoms. The van der Waals surface area contributed by atoms with Crippen LogP contribution in [0.15, 0.2) is 30.3 Å². The molecular weight excluding hydrogens is 284 g/mol. The Kier molecular flexibility index (Phi) is 5.32. The molecule has 1 saturated carbocycles. The van der Waals surface area contributed by atoms with Gasteiger partial charge in [-0.15, -0.1) is 11.6 Å². The van der Waals surface area contributed by atoms with Gasteiger partial charge >= 0.3 is 5.97 Å². The first-order valence-electron chi connectivity index (χ1n) is 7.76. The van der Waals surface area contributed by atoms with Gasteiger partial charge in [-0.05, 0) is 29.7 Å². The largest absolute Gasteiger partial charge is 0.461 e. The molecule has 1 aliphatic carbocycles. The van der Waals surface area contributed by atoms with Crippen molar-refractivity contribution in [2.24, 2.45) is 11.8 Å². The van der Waals surface area contributed by atoms with E-state index in [9.17, 15) is 4.79 Å². The molecule has 0 N–H and O–H groups in total. The number of carbonyl (C=O) groups excluding carboxylic acids is 1. The van der Waals surface area contributed by atoms with Crippen LogP contribution < -0.4 is 0 Å². The highest BCUT2D eigenvalue weighted by Crippen LogP contribution is 2.43. The molecule has 0 spiro atoms. The normalized spacial score (nSPS) is 26.4. The second-order valence-electron chi connectivity index (χ2n) is 6.77. The highest BCUT2D eigenvalue weighted by Gasteiger charge is 2.41. The fraction of sp³-hybridized carbons (Fsp3) is 0.611. The van der Waals surface area contributed by atoms with Crippen LogP contribution >= 0.6 is 11.6 Å². The summed E-state index contributed by atoms with van der Waals surface area (Å²) in [6.45, 7) is 6.74. The topological polar surface area (TPSA) is 26.3 Å². The van der Waals surface area contributed by atoms with Gasteiger partial charge in [0.2, 0.25) is 0 Å². The van der Waals surface area contributed by atoms with Crippen LogP contribution in [0.4, 0.5) is 0 Å². The fourth-order valence-corrected chi connectivity index (χ4v) is 3.63. The first-order valence-corrected chi connectivity index (χ1v) is 8.29. The Morgan fingerprint density at radius 3 is 2.57 bits per heavy atom. The highest BCUT2D eigenvalue weighted by atomic mass is 35.5. The number of esters is 1. The van der Waals surface area contributed by atoms with E-state index in [2.05, 4.69) is 45.0 Å². The number of rotatable bonds is 4. The summed E-state index contributed by atoms with van der Waals surface area (Å²) in [4.78, 5) is 11.6. The predicted molar refractivity (Wildman–Crippen MR) is 86.6 cm³/mol. The molecule has 1 fully saturated rings. The number of hydrogen-bond acceptors (Lipinski definition) is 2. The third-order valence-electron chi connectivity index (χ3n) is 4.89. The summed E-state index contributed by atoms with van der Waals surface area (Å²) in [7, 11) is 0. The second-order valence-corrected chi connectivity index (χ2v) is 7.04. The average molecular weight is 309 g/mol. The first kappa shape index (κ1) is 16.4. The Hall–Kier alpha value is -1.02. The zero-order chi connectivity index (χ0) is 15.5. The van der Waals surface area contributed by atoms with Crippen LogP contribution in [0.5, 0.6) is 0 Å². The summed E-state index contributed by atoms with van der Waals surface area (Å²) in [5.74, 6) is 0.567. The van der Waals surface area contributed by atoms with Gasteiger partial charge in [-0.2, -0.15) is 0 Å².